The van der Waals surface area contributed by atoms with Gasteiger partial charge >= 0.3 is 5.97 Å². The maximum absolute atomic E-state index is 11.2. The molecule has 0 aliphatic carbocycles. The van der Waals surface area contributed by atoms with Gasteiger partial charge in [0.2, 0.25) is 0 Å². The van der Waals surface area contributed by atoms with Gasteiger partial charge in [-0.25, -0.2) is 9.78 Å². The Kier molecular flexibility index (Phi) is 3.80. The fourth-order valence-electron chi connectivity index (χ4n) is 1.52. The molecule has 0 radical (unpaired) electrons. The zero-order valence-electron chi connectivity index (χ0n) is 11.8. The minimum Gasteiger partial charge on any atom is -0.478 e. The summed E-state index contributed by atoms with van der Waals surface area (Å²) in [4.78, 5) is 15.8. The number of rotatable bonds is 3. The molecule has 0 atom stereocenters. The van der Waals surface area contributed by atoms with Crippen molar-refractivity contribution in [3.63, 3.8) is 0 Å². The highest BCUT2D eigenvalue weighted by Crippen LogP contribution is 2.28. The fraction of sp³-hybridized carbons (Fsp3) is 0.385. The van der Waals surface area contributed by atoms with E-state index in [4.69, 9.17) is 0 Å². The summed E-state index contributed by atoms with van der Waals surface area (Å²) in [6.07, 6.45) is 1.59. The van der Waals surface area contributed by atoms with E-state index in [1.807, 2.05) is 27.8 Å². The Morgan fingerprint density at radius 2 is 2.05 bits per heavy atom. The second-order valence-electron chi connectivity index (χ2n) is 5.46. The van der Waals surface area contributed by atoms with Crippen LogP contribution < -0.4 is 0 Å². The molecule has 0 aromatic carbocycles. The maximum Gasteiger partial charge on any atom is 0.335 e. The van der Waals surface area contributed by atoms with Crippen LogP contribution in [0.3, 0.4) is 0 Å². The Bertz CT molecular complexity index is 646. The molecule has 6 nitrogen and oxygen atoms in total. The van der Waals surface area contributed by atoms with Crippen LogP contribution in [0.4, 0.5) is 0 Å². The Labute approximate surface area is 121 Å². The Morgan fingerprint density at radius 3 is 2.55 bits per heavy atom. The van der Waals surface area contributed by atoms with E-state index < -0.39 is 5.97 Å². The van der Waals surface area contributed by atoms with Crippen molar-refractivity contribution in [2.24, 2.45) is 7.05 Å². The van der Waals surface area contributed by atoms with E-state index in [2.05, 4.69) is 15.2 Å². The largest absolute Gasteiger partial charge is 0.478 e. The molecule has 0 unspecified atom stereocenters. The predicted molar refractivity (Wildman–Crippen MR) is 75.0 cm³/mol. The van der Waals surface area contributed by atoms with Gasteiger partial charge in [-0.05, 0) is 23.9 Å². The van der Waals surface area contributed by atoms with Gasteiger partial charge in [-0.1, -0.05) is 20.8 Å². The van der Waals surface area contributed by atoms with Gasteiger partial charge in [0, 0.05) is 18.2 Å². The third-order valence-corrected chi connectivity index (χ3v) is 3.65. The number of hydrogen-bond donors (Lipinski definition) is 1. The molecular formula is C13H16N4O2S. The number of aryl methyl sites for hydroxylation is 1. The zero-order valence-corrected chi connectivity index (χ0v) is 12.6. The van der Waals surface area contributed by atoms with Crippen molar-refractivity contribution in [3.05, 3.63) is 29.7 Å². The number of hydrogen-bond acceptors (Lipinski definition) is 5. The van der Waals surface area contributed by atoms with Crippen LogP contribution in [0.15, 0.2) is 28.6 Å². The minimum atomic E-state index is -0.960. The molecule has 0 spiro atoms. The van der Waals surface area contributed by atoms with Crippen LogP contribution >= 0.6 is 11.8 Å². The molecule has 2 aromatic rings. The van der Waals surface area contributed by atoms with E-state index in [9.17, 15) is 9.90 Å². The SMILES string of the molecule is Cn1cnnc1Sc1cc(C(=O)O)cc(C(C)(C)C)n1. The number of carboxylic acids is 1. The average Bonchev–Trinajstić information content (AvgIpc) is 2.73. The minimum absolute atomic E-state index is 0.222. The number of carboxylic acid groups (broad SMARTS) is 1. The quantitative estimate of drug-likeness (QED) is 0.935. The molecule has 0 aliphatic heterocycles. The number of aromatic nitrogens is 4. The molecule has 0 fully saturated rings. The molecule has 20 heavy (non-hydrogen) atoms. The van der Waals surface area contributed by atoms with Crippen molar-refractivity contribution < 1.29 is 9.90 Å². The van der Waals surface area contributed by atoms with Gasteiger partial charge in [-0.2, -0.15) is 0 Å². The van der Waals surface area contributed by atoms with E-state index in [-0.39, 0.29) is 11.0 Å². The van der Waals surface area contributed by atoms with Crippen molar-refractivity contribution in [1.29, 1.82) is 0 Å². The summed E-state index contributed by atoms with van der Waals surface area (Å²) in [6.45, 7) is 5.99. The van der Waals surface area contributed by atoms with E-state index >= 15 is 0 Å². The standard InChI is InChI=1S/C13H16N4O2S/c1-13(2,3)9-5-8(11(18)19)6-10(15-9)20-12-16-14-7-17(12)4/h5-7H,1-4H3,(H,18,19). The lowest BCUT2D eigenvalue weighted by Gasteiger charge is -2.19. The topological polar surface area (TPSA) is 80.9 Å². The van der Waals surface area contributed by atoms with Crippen molar-refractivity contribution >= 4 is 17.7 Å². The fourth-order valence-corrected chi connectivity index (χ4v) is 2.32. The summed E-state index contributed by atoms with van der Waals surface area (Å²) in [5, 5.41) is 18.2. The first kappa shape index (κ1) is 14.5. The van der Waals surface area contributed by atoms with Crippen molar-refractivity contribution in [2.75, 3.05) is 0 Å². The van der Waals surface area contributed by atoms with Crippen molar-refractivity contribution in [1.82, 2.24) is 19.7 Å². The lowest BCUT2D eigenvalue weighted by molar-refractivity contribution is 0.0696. The van der Waals surface area contributed by atoms with Crippen LogP contribution in [0.1, 0.15) is 36.8 Å². The van der Waals surface area contributed by atoms with Gasteiger partial charge in [0.1, 0.15) is 11.4 Å². The second-order valence-corrected chi connectivity index (χ2v) is 6.45. The normalized spacial score (nSPS) is 11.6. The molecule has 1 N–H and O–H groups in total. The summed E-state index contributed by atoms with van der Waals surface area (Å²) < 4.78 is 1.76. The van der Waals surface area contributed by atoms with E-state index in [1.165, 1.54) is 11.8 Å². The lowest BCUT2D eigenvalue weighted by Crippen LogP contribution is -2.15. The summed E-state index contributed by atoms with van der Waals surface area (Å²) in [5.74, 6) is -0.960. The summed E-state index contributed by atoms with van der Waals surface area (Å²) >= 11 is 1.30. The molecule has 106 valence electrons. The molecule has 2 aromatic heterocycles. The Hall–Kier alpha value is -1.89. The molecule has 0 saturated carbocycles. The maximum atomic E-state index is 11.2. The van der Waals surface area contributed by atoms with Crippen molar-refractivity contribution in [2.45, 2.75) is 36.4 Å². The highest BCUT2D eigenvalue weighted by Gasteiger charge is 2.20. The van der Waals surface area contributed by atoms with Gasteiger partial charge in [0.25, 0.3) is 0 Å². The first-order chi connectivity index (χ1) is 9.27. The van der Waals surface area contributed by atoms with Crippen LogP contribution in [-0.2, 0) is 12.5 Å². The molecule has 0 amide bonds. The van der Waals surface area contributed by atoms with Gasteiger partial charge < -0.3 is 9.67 Å². The molecular weight excluding hydrogens is 276 g/mol. The summed E-state index contributed by atoms with van der Waals surface area (Å²) in [5.41, 5.74) is 0.748. The highest BCUT2D eigenvalue weighted by molar-refractivity contribution is 7.99. The molecule has 0 bridgehead atoms. The van der Waals surface area contributed by atoms with Crippen LogP contribution in [0.2, 0.25) is 0 Å². The lowest BCUT2D eigenvalue weighted by atomic mass is 9.91. The summed E-state index contributed by atoms with van der Waals surface area (Å²) in [6, 6.07) is 3.17. The van der Waals surface area contributed by atoms with Crippen LogP contribution in [0, 0.1) is 0 Å². The first-order valence-corrected chi connectivity index (χ1v) is 6.87. The Balaban J connectivity index is 2.45. The third-order valence-electron chi connectivity index (χ3n) is 2.68. The van der Waals surface area contributed by atoms with Gasteiger partial charge in [-0.15, -0.1) is 10.2 Å². The highest BCUT2D eigenvalue weighted by atomic mass is 32.2. The molecule has 2 rings (SSSR count). The number of nitrogens with zero attached hydrogens (tertiary/aromatic N) is 4. The smallest absolute Gasteiger partial charge is 0.335 e. The van der Waals surface area contributed by atoms with Crippen molar-refractivity contribution in [3.8, 4) is 0 Å². The Morgan fingerprint density at radius 1 is 1.35 bits per heavy atom. The van der Waals surface area contributed by atoms with Gasteiger partial charge in [0.05, 0.1) is 5.56 Å². The van der Waals surface area contributed by atoms with Gasteiger partial charge in [0.15, 0.2) is 5.16 Å². The number of aromatic carboxylic acids is 1. The van der Waals surface area contributed by atoms with E-state index in [1.54, 1.807) is 23.0 Å². The number of carbonyl (C=O) groups is 1. The molecule has 0 saturated heterocycles. The second kappa shape index (κ2) is 5.24. The first-order valence-electron chi connectivity index (χ1n) is 6.05. The predicted octanol–water partition coefficient (Wildman–Crippen LogP) is 2.36. The van der Waals surface area contributed by atoms with Crippen LogP contribution in [0.5, 0.6) is 0 Å². The van der Waals surface area contributed by atoms with E-state index in [0.29, 0.717) is 10.2 Å². The summed E-state index contributed by atoms with van der Waals surface area (Å²) in [7, 11) is 1.83. The average molecular weight is 292 g/mol. The molecule has 2 heterocycles. The molecule has 7 heteroatoms. The monoisotopic (exact) mass is 292 g/mol. The number of pyridine rings is 1. The van der Waals surface area contributed by atoms with Gasteiger partial charge in [-0.3, -0.25) is 0 Å². The van der Waals surface area contributed by atoms with Crippen LogP contribution in [0.25, 0.3) is 0 Å². The molecule has 0 aliphatic rings. The van der Waals surface area contributed by atoms with E-state index in [0.717, 1.165) is 5.69 Å². The zero-order chi connectivity index (χ0) is 14.9. The third kappa shape index (κ3) is 3.16. The van der Waals surface area contributed by atoms with Crippen LogP contribution in [-0.4, -0.2) is 30.8 Å².